The first-order chi connectivity index (χ1) is 16.6. The molecule has 4 rings (SSSR count). The van der Waals surface area contributed by atoms with Gasteiger partial charge in [0.05, 0.1) is 12.2 Å². The van der Waals surface area contributed by atoms with Crippen molar-refractivity contribution in [2.24, 2.45) is 0 Å². The van der Waals surface area contributed by atoms with Gasteiger partial charge in [-0.3, -0.25) is 14.6 Å². The summed E-state index contributed by atoms with van der Waals surface area (Å²) in [5.74, 6) is 0.422. The van der Waals surface area contributed by atoms with Crippen LogP contribution in [0.2, 0.25) is 5.02 Å². The standard InChI is InChI=1S/C27H22ClN3O3/c28-25-6-2-1-5-22(25)17-31-18-23(10-14-27(31)33)30-26(32)13-9-20-7-11-24(12-8-20)34-19-21-4-3-15-29-16-21/h1-16,18H,17,19H2,(H,30,32)/b13-9+. The smallest absolute Gasteiger partial charge is 0.250 e. The number of ether oxygens (including phenoxy) is 1. The van der Waals surface area contributed by atoms with Gasteiger partial charge in [-0.25, -0.2) is 0 Å². The number of amides is 1. The van der Waals surface area contributed by atoms with Crippen LogP contribution in [0, 0.1) is 0 Å². The van der Waals surface area contributed by atoms with Crippen molar-refractivity contribution in [3.8, 4) is 5.75 Å². The average Bonchev–Trinajstić information content (AvgIpc) is 2.86. The van der Waals surface area contributed by atoms with Crippen LogP contribution in [-0.4, -0.2) is 15.5 Å². The van der Waals surface area contributed by atoms with Gasteiger partial charge in [-0.1, -0.05) is 48.0 Å². The highest BCUT2D eigenvalue weighted by molar-refractivity contribution is 6.31. The number of anilines is 1. The van der Waals surface area contributed by atoms with Crippen molar-refractivity contribution in [3.05, 3.63) is 130 Å². The van der Waals surface area contributed by atoms with Gasteiger partial charge in [-0.15, -0.1) is 0 Å². The van der Waals surface area contributed by atoms with E-state index in [0.29, 0.717) is 23.9 Å². The summed E-state index contributed by atoms with van der Waals surface area (Å²) < 4.78 is 7.25. The maximum Gasteiger partial charge on any atom is 0.250 e. The fourth-order valence-electron chi connectivity index (χ4n) is 3.22. The van der Waals surface area contributed by atoms with Gasteiger partial charge in [0, 0.05) is 41.3 Å². The van der Waals surface area contributed by atoms with E-state index < -0.39 is 0 Å². The molecule has 0 saturated heterocycles. The van der Waals surface area contributed by atoms with Crippen LogP contribution in [0.3, 0.4) is 0 Å². The molecule has 2 heterocycles. The molecule has 0 fully saturated rings. The van der Waals surface area contributed by atoms with Crippen molar-refractivity contribution in [3.63, 3.8) is 0 Å². The van der Waals surface area contributed by atoms with Crippen LogP contribution >= 0.6 is 11.6 Å². The molecule has 0 radical (unpaired) electrons. The van der Waals surface area contributed by atoms with Crippen LogP contribution in [0.25, 0.3) is 6.08 Å². The summed E-state index contributed by atoms with van der Waals surface area (Å²) in [4.78, 5) is 28.7. The second-order valence-corrected chi connectivity index (χ2v) is 7.92. The molecule has 0 aliphatic rings. The van der Waals surface area contributed by atoms with E-state index in [0.717, 1.165) is 22.4 Å². The maximum atomic E-state index is 12.4. The van der Waals surface area contributed by atoms with E-state index in [2.05, 4.69) is 10.3 Å². The molecule has 2 aromatic heterocycles. The zero-order chi connectivity index (χ0) is 23.8. The Morgan fingerprint density at radius 3 is 2.62 bits per heavy atom. The van der Waals surface area contributed by atoms with Crippen molar-refractivity contribution >= 4 is 29.3 Å². The molecular formula is C27H22ClN3O3. The van der Waals surface area contributed by atoms with Gasteiger partial charge in [0.15, 0.2) is 0 Å². The third kappa shape index (κ3) is 6.43. The quantitative estimate of drug-likeness (QED) is 0.359. The van der Waals surface area contributed by atoms with E-state index >= 15 is 0 Å². The van der Waals surface area contributed by atoms with E-state index in [1.165, 1.54) is 16.7 Å². The summed E-state index contributed by atoms with van der Waals surface area (Å²) in [7, 11) is 0. The second-order valence-electron chi connectivity index (χ2n) is 7.52. The van der Waals surface area contributed by atoms with Crippen LogP contribution in [0.1, 0.15) is 16.7 Å². The minimum absolute atomic E-state index is 0.181. The Morgan fingerprint density at radius 2 is 1.85 bits per heavy atom. The lowest BCUT2D eigenvalue weighted by molar-refractivity contribution is -0.111. The molecule has 0 spiro atoms. The number of halogens is 1. The Morgan fingerprint density at radius 1 is 1.03 bits per heavy atom. The van der Waals surface area contributed by atoms with Crippen molar-refractivity contribution in [1.29, 1.82) is 0 Å². The molecule has 0 unspecified atom stereocenters. The Labute approximate surface area is 202 Å². The lowest BCUT2D eigenvalue weighted by atomic mass is 10.2. The van der Waals surface area contributed by atoms with Gasteiger partial charge in [-0.2, -0.15) is 0 Å². The fraction of sp³-hybridized carbons (Fsp3) is 0.0741. The van der Waals surface area contributed by atoms with E-state index in [1.807, 2.05) is 54.6 Å². The number of nitrogens with one attached hydrogen (secondary N) is 1. The molecule has 4 aromatic rings. The molecule has 34 heavy (non-hydrogen) atoms. The zero-order valence-corrected chi connectivity index (χ0v) is 19.0. The Kier molecular flexibility index (Phi) is 7.53. The number of benzene rings is 2. The predicted octanol–water partition coefficient (Wildman–Crippen LogP) is 5.18. The van der Waals surface area contributed by atoms with Gasteiger partial charge < -0.3 is 14.6 Å². The molecule has 0 aliphatic heterocycles. The van der Waals surface area contributed by atoms with Gasteiger partial charge in [0.1, 0.15) is 12.4 Å². The Balaban J connectivity index is 1.34. The Bertz CT molecular complexity index is 1350. The van der Waals surface area contributed by atoms with Crippen molar-refractivity contribution in [2.45, 2.75) is 13.2 Å². The molecule has 1 N–H and O–H groups in total. The highest BCUT2D eigenvalue weighted by atomic mass is 35.5. The molecular weight excluding hydrogens is 450 g/mol. The van der Waals surface area contributed by atoms with Crippen LogP contribution in [0.4, 0.5) is 5.69 Å². The summed E-state index contributed by atoms with van der Waals surface area (Å²) in [6.07, 6.45) is 8.23. The largest absolute Gasteiger partial charge is 0.489 e. The molecule has 1 amide bonds. The normalized spacial score (nSPS) is 10.9. The lowest BCUT2D eigenvalue weighted by Crippen LogP contribution is -2.20. The highest BCUT2D eigenvalue weighted by Crippen LogP contribution is 2.17. The molecule has 7 heteroatoms. The summed E-state index contributed by atoms with van der Waals surface area (Å²) in [6.45, 7) is 0.747. The third-order valence-corrected chi connectivity index (χ3v) is 5.35. The van der Waals surface area contributed by atoms with E-state index in [-0.39, 0.29) is 11.5 Å². The number of rotatable bonds is 8. The summed E-state index contributed by atoms with van der Waals surface area (Å²) >= 11 is 6.20. The number of carbonyl (C=O) groups excluding carboxylic acids is 1. The topological polar surface area (TPSA) is 73.2 Å². The van der Waals surface area contributed by atoms with E-state index in [4.69, 9.17) is 16.3 Å². The van der Waals surface area contributed by atoms with Crippen LogP contribution in [0.15, 0.2) is 102 Å². The minimum Gasteiger partial charge on any atom is -0.489 e. The van der Waals surface area contributed by atoms with Gasteiger partial charge in [-0.05, 0) is 47.5 Å². The monoisotopic (exact) mass is 471 g/mol. The van der Waals surface area contributed by atoms with Gasteiger partial charge in [0.25, 0.3) is 5.56 Å². The highest BCUT2D eigenvalue weighted by Gasteiger charge is 2.05. The second kappa shape index (κ2) is 11.1. The Hall–Kier alpha value is -4.16. The summed E-state index contributed by atoms with van der Waals surface area (Å²) in [5.41, 5.74) is 3.00. The first-order valence-electron chi connectivity index (χ1n) is 10.6. The molecule has 0 bridgehead atoms. The number of pyridine rings is 2. The number of carbonyl (C=O) groups is 1. The van der Waals surface area contributed by atoms with E-state index in [1.54, 1.807) is 36.8 Å². The maximum absolute atomic E-state index is 12.4. The van der Waals surface area contributed by atoms with Crippen molar-refractivity contribution < 1.29 is 9.53 Å². The SMILES string of the molecule is O=C(/C=C/c1ccc(OCc2cccnc2)cc1)Nc1ccc(=O)n(Cc2ccccc2Cl)c1. The first-order valence-corrected chi connectivity index (χ1v) is 11.0. The molecule has 2 aromatic carbocycles. The number of aromatic nitrogens is 2. The van der Waals surface area contributed by atoms with Crippen LogP contribution < -0.4 is 15.6 Å². The van der Waals surface area contributed by atoms with Gasteiger partial charge in [0.2, 0.25) is 5.91 Å². The summed E-state index contributed by atoms with van der Waals surface area (Å²) in [6, 6.07) is 21.6. The molecule has 170 valence electrons. The molecule has 6 nitrogen and oxygen atoms in total. The first kappa shape index (κ1) is 23.0. The number of nitrogens with zero attached hydrogens (tertiary/aromatic N) is 2. The zero-order valence-electron chi connectivity index (χ0n) is 18.2. The predicted molar refractivity (Wildman–Crippen MR) is 134 cm³/mol. The number of hydrogen-bond acceptors (Lipinski definition) is 4. The fourth-order valence-corrected chi connectivity index (χ4v) is 3.42. The lowest BCUT2D eigenvalue weighted by Gasteiger charge is -2.10. The average molecular weight is 472 g/mol. The molecule has 0 atom stereocenters. The van der Waals surface area contributed by atoms with Crippen molar-refractivity contribution in [1.82, 2.24) is 9.55 Å². The number of hydrogen-bond donors (Lipinski definition) is 1. The van der Waals surface area contributed by atoms with Crippen LogP contribution in [-0.2, 0) is 17.9 Å². The third-order valence-electron chi connectivity index (χ3n) is 4.99. The summed E-state index contributed by atoms with van der Waals surface area (Å²) in [5, 5.41) is 3.36. The molecule has 0 saturated carbocycles. The van der Waals surface area contributed by atoms with Crippen LogP contribution in [0.5, 0.6) is 5.75 Å². The van der Waals surface area contributed by atoms with E-state index in [9.17, 15) is 9.59 Å². The van der Waals surface area contributed by atoms with Crippen molar-refractivity contribution in [2.75, 3.05) is 5.32 Å². The minimum atomic E-state index is -0.306. The molecule has 0 aliphatic carbocycles. The van der Waals surface area contributed by atoms with Gasteiger partial charge >= 0.3 is 0 Å².